The van der Waals surface area contributed by atoms with Gasteiger partial charge in [-0.05, 0) is 57.4 Å². The van der Waals surface area contributed by atoms with E-state index in [1.54, 1.807) is 0 Å². The van der Waals surface area contributed by atoms with Gasteiger partial charge in [0, 0.05) is 30.0 Å². The van der Waals surface area contributed by atoms with Crippen LogP contribution >= 0.6 is 0 Å². The summed E-state index contributed by atoms with van der Waals surface area (Å²) in [7, 11) is 0. The van der Waals surface area contributed by atoms with E-state index in [0.717, 1.165) is 13.2 Å². The molecule has 19 heavy (non-hydrogen) atoms. The third-order valence-electron chi connectivity index (χ3n) is 4.28. The second-order valence-electron chi connectivity index (χ2n) is 6.07. The highest BCUT2D eigenvalue weighted by molar-refractivity contribution is 5.62. The van der Waals surface area contributed by atoms with Crippen molar-refractivity contribution in [2.45, 2.75) is 51.8 Å². The van der Waals surface area contributed by atoms with E-state index in [1.165, 1.54) is 29.8 Å². The predicted molar refractivity (Wildman–Crippen MR) is 80.1 cm³/mol. The Morgan fingerprint density at radius 2 is 2.11 bits per heavy atom. The molecule has 0 aliphatic carbocycles. The normalized spacial score (nSPS) is 30.7. The Balaban J connectivity index is 1.85. The number of benzene rings is 1. The lowest BCUT2D eigenvalue weighted by molar-refractivity contribution is 0.0344. The van der Waals surface area contributed by atoms with Gasteiger partial charge in [-0.2, -0.15) is 0 Å². The van der Waals surface area contributed by atoms with E-state index in [2.05, 4.69) is 49.2 Å². The Kier molecular flexibility index (Phi) is 3.40. The highest BCUT2D eigenvalue weighted by Gasteiger charge is 2.24. The van der Waals surface area contributed by atoms with E-state index in [4.69, 9.17) is 4.74 Å². The summed E-state index contributed by atoms with van der Waals surface area (Å²) < 4.78 is 5.71. The second-order valence-corrected chi connectivity index (χ2v) is 6.07. The number of nitrogens with zero attached hydrogens (tertiary/aromatic N) is 1. The Bertz CT molecular complexity index is 460. The number of rotatable bonds is 1. The molecule has 0 radical (unpaired) electrons. The van der Waals surface area contributed by atoms with Crippen LogP contribution in [0, 0.1) is 0 Å². The van der Waals surface area contributed by atoms with Gasteiger partial charge in [-0.15, -0.1) is 0 Å². The van der Waals surface area contributed by atoms with Crippen molar-refractivity contribution in [2.24, 2.45) is 0 Å². The molecular formula is C16H24N2O. The molecule has 3 atom stereocenters. The van der Waals surface area contributed by atoms with Crippen LogP contribution in [0.5, 0.6) is 0 Å². The molecule has 3 nitrogen and oxygen atoms in total. The highest BCUT2D eigenvalue weighted by Crippen LogP contribution is 2.30. The van der Waals surface area contributed by atoms with Crippen LogP contribution in [0.4, 0.5) is 11.4 Å². The molecule has 104 valence electrons. The Hall–Kier alpha value is -1.22. The highest BCUT2D eigenvalue weighted by atomic mass is 16.5. The maximum atomic E-state index is 5.71. The first-order valence-corrected chi connectivity index (χ1v) is 7.41. The van der Waals surface area contributed by atoms with E-state index in [1.807, 2.05) is 0 Å². The summed E-state index contributed by atoms with van der Waals surface area (Å²) >= 11 is 0. The fraction of sp³-hybridized carbons (Fsp3) is 0.625. The van der Waals surface area contributed by atoms with E-state index in [-0.39, 0.29) is 0 Å². The zero-order valence-corrected chi connectivity index (χ0v) is 12.1. The van der Waals surface area contributed by atoms with Crippen LogP contribution in [0.15, 0.2) is 18.2 Å². The van der Waals surface area contributed by atoms with Crippen molar-refractivity contribution in [1.29, 1.82) is 0 Å². The third-order valence-corrected chi connectivity index (χ3v) is 4.28. The quantitative estimate of drug-likeness (QED) is 0.840. The summed E-state index contributed by atoms with van der Waals surface area (Å²) in [4.78, 5) is 2.48. The molecule has 0 aromatic heterocycles. The zero-order valence-electron chi connectivity index (χ0n) is 12.1. The molecule has 2 aliphatic rings. The minimum atomic E-state index is 0.324. The summed E-state index contributed by atoms with van der Waals surface area (Å²) in [6, 6.07) is 7.92. The number of morpholine rings is 1. The SMILES string of the molecule is CC1CCc2cc(N3CC(C)OCC3C)ccc2N1. The van der Waals surface area contributed by atoms with Gasteiger partial charge in [0.15, 0.2) is 0 Å². The van der Waals surface area contributed by atoms with Crippen LogP contribution in [-0.4, -0.2) is 31.3 Å². The van der Waals surface area contributed by atoms with Crippen molar-refractivity contribution in [3.05, 3.63) is 23.8 Å². The fourth-order valence-corrected chi connectivity index (χ4v) is 3.08. The zero-order chi connectivity index (χ0) is 13.4. The van der Waals surface area contributed by atoms with Crippen molar-refractivity contribution < 1.29 is 4.74 Å². The van der Waals surface area contributed by atoms with Gasteiger partial charge in [0.25, 0.3) is 0 Å². The predicted octanol–water partition coefficient (Wildman–Crippen LogP) is 3.05. The number of ether oxygens (including phenoxy) is 1. The van der Waals surface area contributed by atoms with Crippen LogP contribution in [0.3, 0.4) is 0 Å². The van der Waals surface area contributed by atoms with Crippen molar-refractivity contribution in [3.8, 4) is 0 Å². The molecule has 3 unspecified atom stereocenters. The molecule has 2 aliphatic heterocycles. The van der Waals surface area contributed by atoms with Crippen LogP contribution in [0.25, 0.3) is 0 Å². The molecule has 1 aromatic carbocycles. The minimum Gasteiger partial charge on any atom is -0.382 e. The number of fused-ring (bicyclic) bond motifs is 1. The average molecular weight is 260 g/mol. The maximum absolute atomic E-state index is 5.71. The van der Waals surface area contributed by atoms with E-state index < -0.39 is 0 Å². The van der Waals surface area contributed by atoms with Gasteiger partial charge in [0.1, 0.15) is 0 Å². The molecule has 2 heterocycles. The van der Waals surface area contributed by atoms with Crippen molar-refractivity contribution >= 4 is 11.4 Å². The topological polar surface area (TPSA) is 24.5 Å². The van der Waals surface area contributed by atoms with Crippen LogP contribution in [0.1, 0.15) is 32.8 Å². The van der Waals surface area contributed by atoms with Crippen molar-refractivity contribution in [1.82, 2.24) is 0 Å². The monoisotopic (exact) mass is 260 g/mol. The Morgan fingerprint density at radius 1 is 1.26 bits per heavy atom. The largest absolute Gasteiger partial charge is 0.382 e. The molecule has 0 bridgehead atoms. The van der Waals surface area contributed by atoms with Gasteiger partial charge >= 0.3 is 0 Å². The van der Waals surface area contributed by atoms with Gasteiger partial charge in [0.2, 0.25) is 0 Å². The van der Waals surface area contributed by atoms with E-state index in [9.17, 15) is 0 Å². The van der Waals surface area contributed by atoms with E-state index >= 15 is 0 Å². The summed E-state index contributed by atoms with van der Waals surface area (Å²) in [6.07, 6.45) is 2.74. The average Bonchev–Trinajstić information content (AvgIpc) is 2.41. The van der Waals surface area contributed by atoms with Crippen LogP contribution in [0.2, 0.25) is 0 Å². The molecule has 3 rings (SSSR count). The lowest BCUT2D eigenvalue weighted by Gasteiger charge is -2.39. The number of hydrogen-bond donors (Lipinski definition) is 1. The molecule has 1 N–H and O–H groups in total. The number of anilines is 2. The molecule has 0 saturated carbocycles. The number of nitrogens with one attached hydrogen (secondary N) is 1. The van der Waals surface area contributed by atoms with Gasteiger partial charge in [-0.25, -0.2) is 0 Å². The third kappa shape index (κ3) is 2.57. The first kappa shape index (κ1) is 12.8. The minimum absolute atomic E-state index is 0.324. The summed E-state index contributed by atoms with van der Waals surface area (Å²) in [5.74, 6) is 0. The van der Waals surface area contributed by atoms with Gasteiger partial charge in [-0.1, -0.05) is 0 Å². The lowest BCUT2D eigenvalue weighted by Crippen LogP contribution is -2.47. The van der Waals surface area contributed by atoms with Crippen LogP contribution in [-0.2, 0) is 11.2 Å². The molecule has 0 spiro atoms. The fourth-order valence-electron chi connectivity index (χ4n) is 3.08. The van der Waals surface area contributed by atoms with Crippen LogP contribution < -0.4 is 10.2 Å². The van der Waals surface area contributed by atoms with E-state index in [0.29, 0.717) is 18.2 Å². The Morgan fingerprint density at radius 3 is 2.95 bits per heavy atom. The molecule has 1 saturated heterocycles. The molecular weight excluding hydrogens is 236 g/mol. The van der Waals surface area contributed by atoms with Crippen molar-refractivity contribution in [2.75, 3.05) is 23.4 Å². The molecule has 1 fully saturated rings. The summed E-state index contributed by atoms with van der Waals surface area (Å²) in [5, 5.41) is 3.57. The van der Waals surface area contributed by atoms with Gasteiger partial charge < -0.3 is 15.0 Å². The second kappa shape index (κ2) is 5.04. The van der Waals surface area contributed by atoms with Gasteiger partial charge in [0.05, 0.1) is 12.7 Å². The molecule has 3 heteroatoms. The maximum Gasteiger partial charge on any atom is 0.0723 e. The first-order chi connectivity index (χ1) is 9.13. The number of aryl methyl sites for hydroxylation is 1. The first-order valence-electron chi connectivity index (χ1n) is 7.41. The van der Waals surface area contributed by atoms with Gasteiger partial charge in [-0.3, -0.25) is 0 Å². The smallest absolute Gasteiger partial charge is 0.0723 e. The molecule has 0 amide bonds. The molecule has 1 aromatic rings. The standard InChI is InChI=1S/C16H24N2O/c1-11-4-5-14-8-15(6-7-16(14)17-11)18-9-13(3)19-10-12(18)2/h6-8,11-13,17H,4-5,9-10H2,1-3H3. The summed E-state index contributed by atoms with van der Waals surface area (Å²) in [5.41, 5.74) is 4.12. The Labute approximate surface area is 115 Å². The summed E-state index contributed by atoms with van der Waals surface area (Å²) in [6.45, 7) is 8.46. The number of hydrogen-bond acceptors (Lipinski definition) is 3. The van der Waals surface area contributed by atoms with Crippen molar-refractivity contribution in [3.63, 3.8) is 0 Å². The lowest BCUT2D eigenvalue weighted by atomic mass is 9.98.